The quantitative estimate of drug-likeness (QED) is 0.786. The first-order valence-electron chi connectivity index (χ1n) is 8.00. The summed E-state index contributed by atoms with van der Waals surface area (Å²) in [6.45, 7) is 3.72. The van der Waals surface area contributed by atoms with Crippen LogP contribution in [0.2, 0.25) is 0 Å². The van der Waals surface area contributed by atoms with Gasteiger partial charge in [-0.15, -0.1) is 0 Å². The van der Waals surface area contributed by atoms with E-state index in [9.17, 15) is 13.2 Å². The van der Waals surface area contributed by atoms with Crippen LogP contribution in [0.5, 0.6) is 0 Å². The number of hydrogen-bond donors (Lipinski definition) is 1. The Labute approximate surface area is 143 Å². The van der Waals surface area contributed by atoms with Crippen molar-refractivity contribution in [2.45, 2.75) is 25.8 Å². The Morgan fingerprint density at radius 1 is 1.38 bits per heavy atom. The number of carbonyl (C=O) groups is 1. The lowest BCUT2D eigenvalue weighted by Gasteiger charge is -2.33. The molecule has 24 heavy (non-hydrogen) atoms. The molecule has 2 rings (SSSR count). The molecule has 0 spiro atoms. The van der Waals surface area contributed by atoms with Crippen LogP contribution in [-0.4, -0.2) is 56.8 Å². The second-order valence-corrected chi connectivity index (χ2v) is 8.58. The number of anilines is 1. The van der Waals surface area contributed by atoms with Gasteiger partial charge in [0.1, 0.15) is 9.84 Å². The smallest absolute Gasteiger partial charge is 0.161 e. The summed E-state index contributed by atoms with van der Waals surface area (Å²) in [5.41, 5.74) is 1.82. The molecule has 0 radical (unpaired) electrons. The van der Waals surface area contributed by atoms with Gasteiger partial charge >= 0.3 is 0 Å². The van der Waals surface area contributed by atoms with Gasteiger partial charge < -0.3 is 10.2 Å². The summed E-state index contributed by atoms with van der Waals surface area (Å²) < 4.78 is 22.5. The Kier molecular flexibility index (Phi) is 5.97. The topological polar surface area (TPSA) is 90.3 Å². The van der Waals surface area contributed by atoms with E-state index < -0.39 is 9.84 Å². The molecule has 1 saturated heterocycles. The lowest BCUT2D eigenvalue weighted by Crippen LogP contribution is -2.41. The van der Waals surface area contributed by atoms with E-state index >= 15 is 0 Å². The summed E-state index contributed by atoms with van der Waals surface area (Å²) in [5, 5.41) is 12.4. The molecule has 1 N–H and O–H groups in total. The number of sulfone groups is 1. The van der Waals surface area contributed by atoms with Gasteiger partial charge in [-0.2, -0.15) is 5.26 Å². The Morgan fingerprint density at radius 2 is 2.04 bits per heavy atom. The number of ketones is 1. The van der Waals surface area contributed by atoms with Crippen LogP contribution < -0.4 is 5.32 Å². The predicted molar refractivity (Wildman–Crippen MR) is 94.0 cm³/mol. The fourth-order valence-corrected chi connectivity index (χ4v) is 3.45. The van der Waals surface area contributed by atoms with Crippen LogP contribution in [0.15, 0.2) is 18.2 Å². The molecule has 1 fully saturated rings. The monoisotopic (exact) mass is 349 g/mol. The van der Waals surface area contributed by atoms with Crippen LogP contribution in [0.25, 0.3) is 0 Å². The number of hydrogen-bond acceptors (Lipinski definition) is 6. The van der Waals surface area contributed by atoms with Gasteiger partial charge in [0, 0.05) is 43.2 Å². The molecule has 1 aromatic rings. The molecular formula is C17H23N3O3S. The van der Waals surface area contributed by atoms with E-state index in [2.05, 4.69) is 16.3 Å². The highest BCUT2D eigenvalue weighted by Crippen LogP contribution is 2.22. The van der Waals surface area contributed by atoms with Crippen molar-refractivity contribution >= 4 is 21.3 Å². The van der Waals surface area contributed by atoms with Gasteiger partial charge in [0.25, 0.3) is 0 Å². The zero-order valence-corrected chi connectivity index (χ0v) is 14.9. The minimum absolute atomic E-state index is 0.0346. The fourth-order valence-electron chi connectivity index (χ4n) is 2.86. The fraction of sp³-hybridized carbons (Fsp3) is 0.529. The van der Waals surface area contributed by atoms with Gasteiger partial charge in [0.2, 0.25) is 0 Å². The summed E-state index contributed by atoms with van der Waals surface area (Å²) in [4.78, 5) is 13.9. The highest BCUT2D eigenvalue weighted by molar-refractivity contribution is 7.90. The van der Waals surface area contributed by atoms with E-state index in [1.165, 1.54) is 13.2 Å². The van der Waals surface area contributed by atoms with E-state index in [-0.39, 0.29) is 17.6 Å². The number of benzene rings is 1. The van der Waals surface area contributed by atoms with Crippen molar-refractivity contribution in [1.29, 1.82) is 5.26 Å². The third-order valence-electron chi connectivity index (χ3n) is 4.25. The Hall–Kier alpha value is -1.91. The number of carbonyl (C=O) groups excluding carboxylic acids is 1. The number of Topliss-reactive ketones (excluding diaryl/α,β-unsaturated/α-hetero) is 1. The Bertz CT molecular complexity index is 745. The number of nitriles is 1. The molecule has 0 unspecified atom stereocenters. The lowest BCUT2D eigenvalue weighted by molar-refractivity contribution is 0.101. The van der Waals surface area contributed by atoms with Gasteiger partial charge in [0.05, 0.1) is 17.4 Å². The maximum atomic E-state index is 11.8. The van der Waals surface area contributed by atoms with Gasteiger partial charge in [-0.25, -0.2) is 8.42 Å². The van der Waals surface area contributed by atoms with Gasteiger partial charge in [0.15, 0.2) is 5.78 Å². The summed E-state index contributed by atoms with van der Waals surface area (Å²) in [6.07, 6.45) is 3.00. The molecule has 0 atom stereocenters. The summed E-state index contributed by atoms with van der Waals surface area (Å²) >= 11 is 0. The lowest BCUT2D eigenvalue weighted by atomic mass is 10.0. The number of nitrogens with zero attached hydrogens (tertiary/aromatic N) is 2. The number of likely N-dealkylation sites (tertiary alicyclic amines) is 1. The minimum atomic E-state index is -2.93. The molecule has 0 aliphatic carbocycles. The van der Waals surface area contributed by atoms with Crippen molar-refractivity contribution in [2.75, 3.05) is 37.0 Å². The Morgan fingerprint density at radius 3 is 2.58 bits per heavy atom. The molecule has 1 heterocycles. The molecular weight excluding hydrogens is 326 g/mol. The highest BCUT2D eigenvalue weighted by Gasteiger charge is 2.21. The van der Waals surface area contributed by atoms with Gasteiger partial charge in [-0.3, -0.25) is 4.79 Å². The molecule has 1 aliphatic heterocycles. The van der Waals surface area contributed by atoms with Gasteiger partial charge in [-0.1, -0.05) is 0 Å². The zero-order valence-electron chi connectivity index (χ0n) is 14.1. The molecule has 6 nitrogen and oxygen atoms in total. The molecule has 0 bridgehead atoms. The third kappa shape index (κ3) is 5.32. The maximum Gasteiger partial charge on any atom is 0.161 e. The first-order chi connectivity index (χ1) is 11.3. The number of piperidine rings is 1. The van der Waals surface area contributed by atoms with Crippen LogP contribution in [-0.2, 0) is 9.84 Å². The summed E-state index contributed by atoms with van der Waals surface area (Å²) in [7, 11) is -2.93. The average Bonchev–Trinajstić information content (AvgIpc) is 2.53. The van der Waals surface area contributed by atoms with Crippen molar-refractivity contribution in [1.82, 2.24) is 4.90 Å². The molecule has 130 valence electrons. The zero-order chi connectivity index (χ0) is 17.7. The van der Waals surface area contributed by atoms with E-state index in [1.54, 1.807) is 18.2 Å². The highest BCUT2D eigenvalue weighted by atomic mass is 32.2. The normalized spacial score (nSPS) is 16.5. The SMILES string of the molecule is CC(=O)c1ccc(C#N)cc1NC1CCN(CCS(C)(=O)=O)CC1. The second kappa shape index (κ2) is 7.77. The maximum absolute atomic E-state index is 11.8. The van der Waals surface area contributed by atoms with E-state index in [0.717, 1.165) is 25.9 Å². The van der Waals surface area contributed by atoms with Crippen molar-refractivity contribution in [3.63, 3.8) is 0 Å². The van der Waals surface area contributed by atoms with E-state index in [0.29, 0.717) is 23.4 Å². The number of nitrogens with one attached hydrogen (secondary N) is 1. The van der Waals surface area contributed by atoms with Crippen LogP contribution >= 0.6 is 0 Å². The number of rotatable bonds is 6. The van der Waals surface area contributed by atoms with Crippen molar-refractivity contribution < 1.29 is 13.2 Å². The summed E-state index contributed by atoms with van der Waals surface area (Å²) in [5.74, 6) is 0.150. The second-order valence-electron chi connectivity index (χ2n) is 6.32. The van der Waals surface area contributed by atoms with Crippen LogP contribution in [0.4, 0.5) is 5.69 Å². The van der Waals surface area contributed by atoms with E-state index in [4.69, 9.17) is 5.26 Å². The molecule has 1 aromatic carbocycles. The summed E-state index contributed by atoms with van der Waals surface area (Å²) in [6, 6.07) is 7.36. The molecule has 0 amide bonds. The average molecular weight is 349 g/mol. The Balaban J connectivity index is 1.97. The largest absolute Gasteiger partial charge is 0.382 e. The molecule has 0 saturated carbocycles. The molecule has 1 aliphatic rings. The van der Waals surface area contributed by atoms with Crippen LogP contribution in [0.1, 0.15) is 35.7 Å². The van der Waals surface area contributed by atoms with E-state index in [1.807, 2.05) is 0 Å². The van der Waals surface area contributed by atoms with Crippen molar-refractivity contribution in [3.8, 4) is 6.07 Å². The first-order valence-corrected chi connectivity index (χ1v) is 10.1. The minimum Gasteiger partial charge on any atom is -0.382 e. The third-order valence-corrected chi connectivity index (χ3v) is 5.18. The standard InChI is InChI=1S/C17H23N3O3S/c1-13(21)16-4-3-14(12-18)11-17(16)19-15-5-7-20(8-6-15)9-10-24(2,22)23/h3-4,11,15,19H,5-10H2,1-2H3. The first kappa shape index (κ1) is 18.4. The van der Waals surface area contributed by atoms with Crippen molar-refractivity contribution in [2.24, 2.45) is 0 Å². The molecule has 0 aromatic heterocycles. The predicted octanol–water partition coefficient (Wildman–Crippen LogP) is 1.68. The molecule has 7 heteroatoms. The van der Waals surface area contributed by atoms with Gasteiger partial charge in [-0.05, 0) is 38.0 Å². The van der Waals surface area contributed by atoms with Crippen LogP contribution in [0, 0.1) is 11.3 Å². The van der Waals surface area contributed by atoms with Crippen molar-refractivity contribution in [3.05, 3.63) is 29.3 Å². The van der Waals surface area contributed by atoms with Crippen LogP contribution in [0.3, 0.4) is 0 Å².